The second kappa shape index (κ2) is 10.3. The molecule has 0 bridgehead atoms. The third kappa shape index (κ3) is 6.16. The summed E-state index contributed by atoms with van der Waals surface area (Å²) in [6.45, 7) is 6.38. The summed E-state index contributed by atoms with van der Waals surface area (Å²) in [5, 5.41) is 16.2. The summed E-state index contributed by atoms with van der Waals surface area (Å²) in [7, 11) is -4.24. The number of sulfonamides is 1. The Morgan fingerprint density at radius 2 is 1.85 bits per heavy atom. The average molecular weight is 557 g/mol. The van der Waals surface area contributed by atoms with Gasteiger partial charge in [0.05, 0.1) is 12.0 Å². The highest BCUT2D eigenvalue weighted by atomic mass is 32.2. The minimum atomic E-state index is -4.24. The number of hydrogen-bond donors (Lipinski definition) is 3. The van der Waals surface area contributed by atoms with E-state index in [1.165, 1.54) is 61.7 Å². The Balaban J connectivity index is 1.84. The Bertz CT molecular complexity index is 1660. The molecule has 0 atom stereocenters. The number of carbonyl (C=O) groups is 2. The van der Waals surface area contributed by atoms with E-state index < -0.39 is 33.3 Å². The highest BCUT2D eigenvalue weighted by molar-refractivity contribution is 7.89. The number of ether oxygens (including phenoxy) is 1. The molecule has 204 valence electrons. The molecule has 13 heteroatoms. The van der Waals surface area contributed by atoms with Gasteiger partial charge in [-0.15, -0.1) is 0 Å². The fraction of sp³-hybridized carbons (Fsp3) is 0.192. The van der Waals surface area contributed by atoms with Crippen molar-refractivity contribution in [3.63, 3.8) is 0 Å². The van der Waals surface area contributed by atoms with E-state index in [1.54, 1.807) is 20.8 Å². The molecule has 0 radical (unpaired) electrons. The molecule has 3 N–H and O–H groups in total. The van der Waals surface area contributed by atoms with Crippen LogP contribution in [0, 0.1) is 12.7 Å². The minimum absolute atomic E-state index is 0.0170. The first-order valence-corrected chi connectivity index (χ1v) is 13.0. The molecule has 0 aliphatic heterocycles. The van der Waals surface area contributed by atoms with E-state index in [1.807, 2.05) is 0 Å². The van der Waals surface area contributed by atoms with E-state index in [0.29, 0.717) is 0 Å². The van der Waals surface area contributed by atoms with E-state index in [0.717, 1.165) is 10.7 Å². The summed E-state index contributed by atoms with van der Waals surface area (Å²) in [5.41, 5.74) is -0.887. The lowest BCUT2D eigenvalue weighted by atomic mass is 10.1. The van der Waals surface area contributed by atoms with Crippen molar-refractivity contribution in [2.45, 2.75) is 38.1 Å². The first kappa shape index (κ1) is 27.5. The van der Waals surface area contributed by atoms with Crippen molar-refractivity contribution in [2.24, 2.45) is 0 Å². The molecule has 4 aromatic rings. The van der Waals surface area contributed by atoms with Crippen LogP contribution in [0.5, 0.6) is 11.6 Å². The minimum Gasteiger partial charge on any atom is -0.476 e. The van der Waals surface area contributed by atoms with Crippen LogP contribution in [0.15, 0.2) is 70.2 Å². The molecule has 1 amide bonds. The molecular weight excluding hydrogens is 531 g/mol. The van der Waals surface area contributed by atoms with Crippen molar-refractivity contribution in [1.29, 1.82) is 0 Å². The number of nitrogens with one attached hydrogen (secondary N) is 2. The van der Waals surface area contributed by atoms with Crippen LogP contribution in [0.2, 0.25) is 0 Å². The average Bonchev–Trinajstić information content (AvgIpc) is 3.47. The molecule has 0 aliphatic carbocycles. The number of anilines is 1. The van der Waals surface area contributed by atoms with Gasteiger partial charge in [-0.2, -0.15) is 9.78 Å². The van der Waals surface area contributed by atoms with Gasteiger partial charge in [0, 0.05) is 16.8 Å². The summed E-state index contributed by atoms with van der Waals surface area (Å²) in [6.07, 6.45) is 1.32. The molecule has 4 rings (SSSR count). The Kier molecular flexibility index (Phi) is 7.31. The Labute approximate surface area is 223 Å². The third-order valence-corrected chi connectivity index (χ3v) is 6.99. The van der Waals surface area contributed by atoms with Crippen molar-refractivity contribution in [3.05, 3.63) is 83.7 Å². The van der Waals surface area contributed by atoms with E-state index in [9.17, 15) is 27.5 Å². The number of carboxylic acids is 1. The Morgan fingerprint density at radius 3 is 2.46 bits per heavy atom. The van der Waals surface area contributed by atoms with Gasteiger partial charge in [-0.3, -0.25) is 4.79 Å². The Morgan fingerprint density at radius 1 is 1.10 bits per heavy atom. The van der Waals surface area contributed by atoms with Crippen LogP contribution in [0.3, 0.4) is 0 Å². The monoisotopic (exact) mass is 556 g/mol. The first-order valence-electron chi connectivity index (χ1n) is 11.5. The summed E-state index contributed by atoms with van der Waals surface area (Å²) in [5.74, 6) is -2.88. The van der Waals surface area contributed by atoms with Crippen LogP contribution in [0.1, 0.15) is 47.4 Å². The van der Waals surface area contributed by atoms with Crippen molar-refractivity contribution >= 4 is 27.6 Å². The zero-order valence-corrected chi connectivity index (χ0v) is 22.2. The molecular formula is C26H25FN4O7S. The lowest BCUT2D eigenvalue weighted by Crippen LogP contribution is -2.40. The number of aromatic carboxylic acids is 1. The van der Waals surface area contributed by atoms with Crippen LogP contribution in [-0.4, -0.2) is 40.7 Å². The van der Waals surface area contributed by atoms with Gasteiger partial charge in [0.1, 0.15) is 16.5 Å². The van der Waals surface area contributed by atoms with Crippen LogP contribution in [0.25, 0.3) is 5.69 Å². The zero-order valence-electron chi connectivity index (χ0n) is 21.4. The van der Waals surface area contributed by atoms with Crippen molar-refractivity contribution in [2.75, 3.05) is 5.32 Å². The summed E-state index contributed by atoms with van der Waals surface area (Å²) in [4.78, 5) is 23.9. The summed E-state index contributed by atoms with van der Waals surface area (Å²) in [6, 6.07) is 12.1. The molecule has 0 fully saturated rings. The largest absolute Gasteiger partial charge is 0.476 e. The maximum Gasteiger partial charge on any atom is 0.356 e. The number of halogens is 1. The molecule has 0 spiro atoms. The lowest BCUT2D eigenvalue weighted by Gasteiger charge is -2.22. The number of furan rings is 1. The smallest absolute Gasteiger partial charge is 0.356 e. The fourth-order valence-electron chi connectivity index (χ4n) is 3.63. The number of amides is 1. The van der Waals surface area contributed by atoms with E-state index in [2.05, 4.69) is 15.1 Å². The molecule has 2 heterocycles. The van der Waals surface area contributed by atoms with Gasteiger partial charge in [0.15, 0.2) is 11.5 Å². The normalized spacial score (nSPS) is 11.8. The lowest BCUT2D eigenvalue weighted by molar-refractivity contribution is 0.0689. The molecule has 0 saturated carbocycles. The quantitative estimate of drug-likeness (QED) is 0.282. The standard InChI is InChI=1S/C26H25FN4O7S/c1-15-22(25(33)34)29-31(18-8-5-7-16(27)13-18)24(15)38-19-11-10-17(28-23(32)20-9-6-12-37-20)14-21(19)39(35,36)30-26(2,3)4/h5-14,30H,1-4H3,(H,28,32)(H,33,34). The molecule has 11 nitrogen and oxygen atoms in total. The number of benzene rings is 2. The number of carbonyl (C=O) groups excluding carboxylic acids is 1. The summed E-state index contributed by atoms with van der Waals surface area (Å²) >= 11 is 0. The van der Waals surface area contributed by atoms with E-state index in [-0.39, 0.29) is 44.9 Å². The van der Waals surface area contributed by atoms with Gasteiger partial charge in [0.2, 0.25) is 15.9 Å². The van der Waals surface area contributed by atoms with Gasteiger partial charge in [-0.05, 0) is 76.2 Å². The SMILES string of the molecule is Cc1c(C(=O)O)nn(-c2cccc(F)c2)c1Oc1ccc(NC(=O)c2ccco2)cc1S(=O)(=O)NC(C)(C)C. The maximum absolute atomic E-state index is 14.0. The number of carboxylic acid groups (broad SMARTS) is 1. The molecule has 2 aromatic heterocycles. The molecule has 39 heavy (non-hydrogen) atoms. The fourth-order valence-corrected chi connectivity index (χ4v) is 5.20. The van der Waals surface area contributed by atoms with Crippen LogP contribution >= 0.6 is 0 Å². The predicted octanol–water partition coefficient (Wildman–Crippen LogP) is 4.73. The van der Waals surface area contributed by atoms with Gasteiger partial charge in [-0.25, -0.2) is 22.3 Å². The van der Waals surface area contributed by atoms with Crippen molar-refractivity contribution < 1.29 is 36.7 Å². The molecule has 0 saturated heterocycles. The van der Waals surface area contributed by atoms with Gasteiger partial charge >= 0.3 is 5.97 Å². The maximum atomic E-state index is 14.0. The first-order chi connectivity index (χ1) is 18.2. The Hall–Kier alpha value is -4.49. The van der Waals surface area contributed by atoms with Gasteiger partial charge in [-0.1, -0.05) is 6.07 Å². The topological polar surface area (TPSA) is 153 Å². The second-order valence-electron chi connectivity index (χ2n) is 9.53. The van der Waals surface area contributed by atoms with Gasteiger partial charge in [0.25, 0.3) is 5.91 Å². The van der Waals surface area contributed by atoms with Crippen LogP contribution < -0.4 is 14.8 Å². The number of rotatable bonds is 8. The van der Waals surface area contributed by atoms with Crippen LogP contribution in [0.4, 0.5) is 10.1 Å². The van der Waals surface area contributed by atoms with Crippen LogP contribution in [-0.2, 0) is 10.0 Å². The van der Waals surface area contributed by atoms with Crippen molar-refractivity contribution in [3.8, 4) is 17.3 Å². The van der Waals surface area contributed by atoms with E-state index >= 15 is 0 Å². The highest BCUT2D eigenvalue weighted by Gasteiger charge is 2.29. The van der Waals surface area contributed by atoms with Crippen molar-refractivity contribution in [1.82, 2.24) is 14.5 Å². The second-order valence-corrected chi connectivity index (χ2v) is 11.2. The number of aromatic nitrogens is 2. The van der Waals surface area contributed by atoms with Gasteiger partial charge < -0.3 is 19.6 Å². The number of nitrogens with zero attached hydrogens (tertiary/aromatic N) is 2. The molecule has 0 unspecified atom stereocenters. The number of hydrogen-bond acceptors (Lipinski definition) is 7. The predicted molar refractivity (Wildman–Crippen MR) is 138 cm³/mol. The zero-order chi connectivity index (χ0) is 28.5. The highest BCUT2D eigenvalue weighted by Crippen LogP contribution is 2.36. The molecule has 2 aromatic carbocycles. The molecule has 0 aliphatic rings. The van der Waals surface area contributed by atoms with E-state index in [4.69, 9.17) is 9.15 Å². The summed E-state index contributed by atoms with van der Waals surface area (Å²) < 4.78 is 55.5. The third-order valence-electron chi connectivity index (χ3n) is 5.21.